The summed E-state index contributed by atoms with van der Waals surface area (Å²) in [6.07, 6.45) is 0. The molecule has 1 aromatic carbocycles. The Bertz CT molecular complexity index is 284. The van der Waals surface area contributed by atoms with Crippen LogP contribution in [0.5, 0.6) is 0 Å². The molecule has 0 amide bonds. The van der Waals surface area contributed by atoms with Gasteiger partial charge in [-0.15, -0.1) is 0 Å². The number of hydrogen-bond donors (Lipinski definition) is 1. The van der Waals surface area contributed by atoms with Gasteiger partial charge in [0.25, 0.3) is 0 Å². The third-order valence-corrected chi connectivity index (χ3v) is 1.65. The van der Waals surface area contributed by atoms with Crippen LogP contribution >= 0.6 is 0 Å². The van der Waals surface area contributed by atoms with Crippen molar-refractivity contribution in [3.8, 4) is 0 Å². The average molecular weight is 178 g/mol. The van der Waals surface area contributed by atoms with E-state index >= 15 is 0 Å². The first-order chi connectivity index (χ1) is 6.25. The van der Waals surface area contributed by atoms with Crippen molar-refractivity contribution in [3.05, 3.63) is 41.7 Å². The minimum atomic E-state index is 0.216. The fourth-order valence-corrected chi connectivity index (χ4v) is 1.13. The molecule has 0 spiro atoms. The van der Waals surface area contributed by atoms with Crippen LogP contribution < -0.4 is 0 Å². The van der Waals surface area contributed by atoms with E-state index in [0.29, 0.717) is 12.4 Å². The van der Waals surface area contributed by atoms with Crippen LogP contribution in [0.25, 0.3) is 5.76 Å². The van der Waals surface area contributed by atoms with Crippen LogP contribution in [0.2, 0.25) is 0 Å². The molecule has 1 rings (SSSR count). The Kier molecular flexibility index (Phi) is 3.38. The molecule has 0 saturated carbocycles. The number of rotatable bonds is 3. The third kappa shape index (κ3) is 2.51. The van der Waals surface area contributed by atoms with E-state index in [1.807, 2.05) is 37.3 Å². The lowest BCUT2D eigenvalue weighted by atomic mass is 10.2. The summed E-state index contributed by atoms with van der Waals surface area (Å²) < 4.78 is 5.32. The zero-order valence-electron chi connectivity index (χ0n) is 7.95. The number of hydrogen-bond acceptors (Lipinski definition) is 2. The van der Waals surface area contributed by atoms with Gasteiger partial charge in [0.1, 0.15) is 5.76 Å². The van der Waals surface area contributed by atoms with Crippen LogP contribution in [0.3, 0.4) is 0 Å². The standard InChI is InChI=1S/C11H14O2/c1-3-13-11(9(2)12)10-7-5-4-6-8-10/h4-8,12H,3H2,1-2H3. The highest BCUT2D eigenvalue weighted by molar-refractivity contribution is 5.60. The van der Waals surface area contributed by atoms with Gasteiger partial charge in [-0.25, -0.2) is 0 Å². The Morgan fingerprint density at radius 1 is 1.31 bits per heavy atom. The van der Waals surface area contributed by atoms with Gasteiger partial charge in [0.2, 0.25) is 0 Å². The molecule has 0 fully saturated rings. The van der Waals surface area contributed by atoms with Crippen LogP contribution in [0.15, 0.2) is 36.1 Å². The predicted molar refractivity (Wildman–Crippen MR) is 53.3 cm³/mol. The van der Waals surface area contributed by atoms with Crippen molar-refractivity contribution in [3.63, 3.8) is 0 Å². The molecule has 0 saturated heterocycles. The van der Waals surface area contributed by atoms with Crippen LogP contribution in [-0.2, 0) is 4.74 Å². The van der Waals surface area contributed by atoms with Crippen molar-refractivity contribution in [2.24, 2.45) is 0 Å². The fourth-order valence-electron chi connectivity index (χ4n) is 1.13. The smallest absolute Gasteiger partial charge is 0.163 e. The molecule has 2 heteroatoms. The van der Waals surface area contributed by atoms with E-state index in [-0.39, 0.29) is 5.76 Å². The lowest BCUT2D eigenvalue weighted by Gasteiger charge is -2.09. The topological polar surface area (TPSA) is 29.5 Å². The summed E-state index contributed by atoms with van der Waals surface area (Å²) in [6.45, 7) is 4.08. The molecule has 13 heavy (non-hydrogen) atoms. The molecular formula is C11H14O2. The maximum atomic E-state index is 9.35. The van der Waals surface area contributed by atoms with Crippen molar-refractivity contribution in [2.45, 2.75) is 13.8 Å². The Morgan fingerprint density at radius 2 is 1.92 bits per heavy atom. The summed E-state index contributed by atoms with van der Waals surface area (Å²) in [5, 5.41) is 9.35. The van der Waals surface area contributed by atoms with E-state index in [9.17, 15) is 5.11 Å². The third-order valence-electron chi connectivity index (χ3n) is 1.65. The molecule has 0 heterocycles. The maximum absolute atomic E-state index is 9.35. The minimum absolute atomic E-state index is 0.216. The lowest BCUT2D eigenvalue weighted by molar-refractivity contribution is 0.275. The molecule has 0 aromatic heterocycles. The fraction of sp³-hybridized carbons (Fsp3) is 0.273. The Balaban J connectivity index is 2.97. The lowest BCUT2D eigenvalue weighted by Crippen LogP contribution is -1.94. The molecule has 1 N–H and O–H groups in total. The van der Waals surface area contributed by atoms with Gasteiger partial charge < -0.3 is 9.84 Å². The Morgan fingerprint density at radius 3 is 2.38 bits per heavy atom. The largest absolute Gasteiger partial charge is 0.509 e. The van der Waals surface area contributed by atoms with E-state index in [4.69, 9.17) is 4.74 Å². The van der Waals surface area contributed by atoms with Crippen LogP contribution in [-0.4, -0.2) is 11.7 Å². The second-order valence-electron chi connectivity index (χ2n) is 2.71. The van der Waals surface area contributed by atoms with E-state index in [2.05, 4.69) is 0 Å². The first kappa shape index (κ1) is 9.65. The van der Waals surface area contributed by atoms with Crippen LogP contribution in [0.4, 0.5) is 0 Å². The second-order valence-corrected chi connectivity index (χ2v) is 2.71. The average Bonchev–Trinajstić information content (AvgIpc) is 2.15. The van der Waals surface area contributed by atoms with Crippen molar-refractivity contribution >= 4 is 5.76 Å². The summed E-state index contributed by atoms with van der Waals surface area (Å²) in [7, 11) is 0. The highest BCUT2D eigenvalue weighted by Gasteiger charge is 2.04. The molecule has 0 bridgehead atoms. The van der Waals surface area contributed by atoms with Gasteiger partial charge in [0.05, 0.1) is 6.61 Å². The summed E-state index contributed by atoms with van der Waals surface area (Å²) in [5.74, 6) is 0.774. The summed E-state index contributed by atoms with van der Waals surface area (Å²) >= 11 is 0. The molecule has 0 unspecified atom stereocenters. The van der Waals surface area contributed by atoms with Crippen molar-refractivity contribution in [1.29, 1.82) is 0 Å². The normalized spacial score (nSPS) is 12.2. The zero-order chi connectivity index (χ0) is 9.68. The van der Waals surface area contributed by atoms with E-state index < -0.39 is 0 Å². The number of aliphatic hydroxyl groups is 1. The molecule has 0 aliphatic carbocycles. The quantitative estimate of drug-likeness (QED) is 0.721. The molecule has 70 valence electrons. The summed E-state index contributed by atoms with van der Waals surface area (Å²) in [5.41, 5.74) is 0.907. The number of benzene rings is 1. The number of ether oxygens (including phenoxy) is 1. The highest BCUT2D eigenvalue weighted by atomic mass is 16.5. The minimum Gasteiger partial charge on any atom is -0.509 e. The maximum Gasteiger partial charge on any atom is 0.163 e. The van der Waals surface area contributed by atoms with E-state index in [1.54, 1.807) is 6.92 Å². The first-order valence-corrected chi connectivity index (χ1v) is 4.33. The molecule has 2 nitrogen and oxygen atoms in total. The van der Waals surface area contributed by atoms with Crippen molar-refractivity contribution in [1.82, 2.24) is 0 Å². The number of allylic oxidation sites excluding steroid dienone is 1. The van der Waals surface area contributed by atoms with Gasteiger partial charge in [0, 0.05) is 5.56 Å². The molecule has 0 aliphatic rings. The van der Waals surface area contributed by atoms with Gasteiger partial charge in [-0.05, 0) is 13.8 Å². The van der Waals surface area contributed by atoms with Crippen molar-refractivity contribution in [2.75, 3.05) is 6.61 Å². The number of aliphatic hydroxyl groups excluding tert-OH is 1. The first-order valence-electron chi connectivity index (χ1n) is 4.33. The zero-order valence-corrected chi connectivity index (χ0v) is 7.95. The Labute approximate surface area is 78.5 Å². The molecule has 1 aromatic rings. The van der Waals surface area contributed by atoms with Gasteiger partial charge >= 0.3 is 0 Å². The molecule has 0 radical (unpaired) electrons. The van der Waals surface area contributed by atoms with Gasteiger partial charge in [0.15, 0.2) is 5.76 Å². The van der Waals surface area contributed by atoms with E-state index in [0.717, 1.165) is 5.56 Å². The highest BCUT2D eigenvalue weighted by Crippen LogP contribution is 2.18. The van der Waals surface area contributed by atoms with Crippen molar-refractivity contribution < 1.29 is 9.84 Å². The molecule has 0 aliphatic heterocycles. The van der Waals surface area contributed by atoms with Gasteiger partial charge in [-0.2, -0.15) is 0 Å². The predicted octanol–water partition coefficient (Wildman–Crippen LogP) is 2.97. The molecule has 0 atom stereocenters. The van der Waals surface area contributed by atoms with Crippen LogP contribution in [0, 0.1) is 0 Å². The van der Waals surface area contributed by atoms with E-state index in [1.165, 1.54) is 0 Å². The second kappa shape index (κ2) is 4.55. The van der Waals surface area contributed by atoms with Gasteiger partial charge in [-0.3, -0.25) is 0 Å². The Hall–Kier alpha value is -1.44. The SMILES string of the molecule is CCOC(=C(C)O)c1ccccc1. The molecular weight excluding hydrogens is 164 g/mol. The summed E-state index contributed by atoms with van der Waals surface area (Å²) in [6, 6.07) is 9.57. The monoisotopic (exact) mass is 178 g/mol. The summed E-state index contributed by atoms with van der Waals surface area (Å²) in [4.78, 5) is 0. The van der Waals surface area contributed by atoms with Gasteiger partial charge in [-0.1, -0.05) is 30.3 Å². The van der Waals surface area contributed by atoms with Crippen LogP contribution in [0.1, 0.15) is 19.4 Å².